The van der Waals surface area contributed by atoms with Crippen LogP contribution in [-0.4, -0.2) is 28.6 Å². The van der Waals surface area contributed by atoms with Crippen molar-refractivity contribution in [3.63, 3.8) is 0 Å². The molecule has 0 spiro atoms. The van der Waals surface area contributed by atoms with E-state index in [1.165, 1.54) is 57.8 Å². The number of anilines is 3. The van der Waals surface area contributed by atoms with E-state index in [2.05, 4.69) is 20.2 Å². The highest BCUT2D eigenvalue weighted by atomic mass is 15.2. The molecule has 0 unspecified atom stereocenters. The summed E-state index contributed by atoms with van der Waals surface area (Å²) >= 11 is 0. The Kier molecular flexibility index (Phi) is 3.39. The summed E-state index contributed by atoms with van der Waals surface area (Å²) in [6.07, 6.45) is 13.8. The third-order valence-electron chi connectivity index (χ3n) is 6.94. The van der Waals surface area contributed by atoms with E-state index in [4.69, 9.17) is 5.73 Å². The second-order valence-electron chi connectivity index (χ2n) is 8.83. The molecule has 5 fully saturated rings. The maximum atomic E-state index is 6.51. The third kappa shape index (κ3) is 2.44. The first-order valence-electron chi connectivity index (χ1n) is 9.84. The average Bonchev–Trinajstić information content (AvgIpc) is 2.56. The lowest BCUT2D eigenvalue weighted by atomic mass is 9.53. The van der Waals surface area contributed by atoms with Gasteiger partial charge in [0.15, 0.2) is 11.6 Å². The van der Waals surface area contributed by atoms with Gasteiger partial charge in [-0.1, -0.05) is 0 Å². The van der Waals surface area contributed by atoms with Crippen molar-refractivity contribution >= 4 is 17.3 Å². The molecule has 0 amide bonds. The number of nitrogens with zero attached hydrogens (tertiary/aromatic N) is 3. The lowest BCUT2D eigenvalue weighted by Gasteiger charge is -2.57. The molecule has 130 valence electrons. The largest absolute Gasteiger partial charge is 0.393 e. The number of nitrogens with two attached hydrogens (primary N) is 1. The highest BCUT2D eigenvalue weighted by molar-refractivity contribution is 5.75. The molecule has 1 aromatic rings. The second-order valence-corrected chi connectivity index (χ2v) is 8.83. The number of piperidine rings is 1. The molecule has 5 heteroatoms. The summed E-state index contributed by atoms with van der Waals surface area (Å²) in [5, 5.41) is 3.83. The maximum Gasteiger partial charge on any atom is 0.157 e. The molecular formula is C19H29N5. The monoisotopic (exact) mass is 327 g/mol. The van der Waals surface area contributed by atoms with Crippen LogP contribution in [0.25, 0.3) is 0 Å². The zero-order valence-corrected chi connectivity index (χ0v) is 14.5. The minimum absolute atomic E-state index is 0.246. The molecule has 2 heterocycles. The van der Waals surface area contributed by atoms with Gasteiger partial charge in [-0.3, -0.25) is 0 Å². The molecule has 1 aliphatic heterocycles. The van der Waals surface area contributed by atoms with Gasteiger partial charge in [-0.2, -0.15) is 0 Å². The summed E-state index contributed by atoms with van der Waals surface area (Å²) in [7, 11) is 0. The fourth-order valence-electron chi connectivity index (χ4n) is 6.36. The molecule has 0 radical (unpaired) electrons. The Morgan fingerprint density at radius 3 is 2.21 bits per heavy atom. The molecule has 6 rings (SSSR count). The molecule has 4 bridgehead atoms. The van der Waals surface area contributed by atoms with Crippen molar-refractivity contribution in [3.05, 3.63) is 6.33 Å². The van der Waals surface area contributed by atoms with Crippen LogP contribution in [0.3, 0.4) is 0 Å². The number of nitrogen functional groups attached to an aromatic ring is 1. The Hall–Kier alpha value is -1.52. The number of hydrogen-bond acceptors (Lipinski definition) is 5. The minimum atomic E-state index is 0.246. The van der Waals surface area contributed by atoms with Gasteiger partial charge in [-0.05, 0) is 75.5 Å². The van der Waals surface area contributed by atoms with E-state index in [1.807, 2.05) is 0 Å². The van der Waals surface area contributed by atoms with Crippen molar-refractivity contribution in [2.45, 2.75) is 63.3 Å². The lowest BCUT2D eigenvalue weighted by molar-refractivity contribution is 0.0106. The molecule has 0 atom stereocenters. The van der Waals surface area contributed by atoms with E-state index < -0.39 is 0 Å². The Bertz CT molecular complexity index is 587. The second kappa shape index (κ2) is 5.50. The van der Waals surface area contributed by atoms with Crippen molar-refractivity contribution in [3.8, 4) is 0 Å². The van der Waals surface area contributed by atoms with Crippen molar-refractivity contribution in [2.24, 2.45) is 17.8 Å². The van der Waals surface area contributed by atoms with E-state index in [0.717, 1.165) is 48.2 Å². The van der Waals surface area contributed by atoms with Gasteiger partial charge in [0.25, 0.3) is 0 Å². The molecule has 4 saturated carbocycles. The first kappa shape index (κ1) is 14.8. The summed E-state index contributed by atoms with van der Waals surface area (Å²) in [6.45, 7) is 2.13. The number of nitrogens with one attached hydrogen (secondary N) is 1. The number of aromatic nitrogens is 2. The van der Waals surface area contributed by atoms with Gasteiger partial charge in [0.1, 0.15) is 12.0 Å². The van der Waals surface area contributed by atoms with E-state index in [0.29, 0.717) is 0 Å². The predicted molar refractivity (Wildman–Crippen MR) is 97.0 cm³/mol. The number of hydrogen-bond donors (Lipinski definition) is 2. The third-order valence-corrected chi connectivity index (χ3v) is 6.94. The quantitative estimate of drug-likeness (QED) is 0.890. The molecule has 5 aliphatic rings. The highest BCUT2D eigenvalue weighted by Gasteiger charge is 2.51. The van der Waals surface area contributed by atoms with Crippen LogP contribution in [0.4, 0.5) is 17.3 Å². The lowest BCUT2D eigenvalue weighted by Crippen LogP contribution is -2.55. The first-order chi connectivity index (χ1) is 11.7. The van der Waals surface area contributed by atoms with Crippen LogP contribution in [0, 0.1) is 17.8 Å². The van der Waals surface area contributed by atoms with Crippen LogP contribution in [0.2, 0.25) is 0 Å². The fraction of sp³-hybridized carbons (Fsp3) is 0.789. The first-order valence-corrected chi connectivity index (χ1v) is 9.84. The van der Waals surface area contributed by atoms with Crippen molar-refractivity contribution in [2.75, 3.05) is 29.0 Å². The smallest absolute Gasteiger partial charge is 0.157 e. The van der Waals surface area contributed by atoms with Gasteiger partial charge in [-0.25, -0.2) is 9.97 Å². The van der Waals surface area contributed by atoms with E-state index in [1.54, 1.807) is 6.33 Å². The van der Waals surface area contributed by atoms with Gasteiger partial charge in [-0.15, -0.1) is 0 Å². The highest BCUT2D eigenvalue weighted by Crippen LogP contribution is 2.56. The van der Waals surface area contributed by atoms with E-state index in [9.17, 15) is 0 Å². The molecule has 1 saturated heterocycles. The summed E-state index contributed by atoms with van der Waals surface area (Å²) in [5.41, 5.74) is 7.52. The van der Waals surface area contributed by atoms with Crippen LogP contribution in [-0.2, 0) is 0 Å². The van der Waals surface area contributed by atoms with Crippen LogP contribution >= 0.6 is 0 Å². The summed E-state index contributed by atoms with van der Waals surface area (Å²) < 4.78 is 0. The van der Waals surface area contributed by atoms with Gasteiger partial charge in [0.05, 0.1) is 0 Å². The van der Waals surface area contributed by atoms with Gasteiger partial charge in [0, 0.05) is 18.6 Å². The van der Waals surface area contributed by atoms with Gasteiger partial charge >= 0.3 is 0 Å². The average molecular weight is 327 g/mol. The standard InChI is InChI=1S/C19H29N5/c20-16-17(21-12-22-18(16)24-4-2-1-3-5-24)23-19-9-13-6-14(10-19)8-15(7-13)11-19/h12-15H,1-11,20H2,(H,21,22,23). The Morgan fingerprint density at radius 2 is 1.58 bits per heavy atom. The van der Waals surface area contributed by atoms with E-state index >= 15 is 0 Å². The Labute approximate surface area is 144 Å². The molecule has 3 N–H and O–H groups in total. The van der Waals surface area contributed by atoms with Crippen LogP contribution in [0.15, 0.2) is 6.33 Å². The molecule has 1 aromatic heterocycles. The SMILES string of the molecule is Nc1c(NC23CC4CC(CC(C4)C2)C3)ncnc1N1CCCCC1. The van der Waals surface area contributed by atoms with E-state index in [-0.39, 0.29) is 5.54 Å². The van der Waals surface area contributed by atoms with Crippen LogP contribution in [0.5, 0.6) is 0 Å². The molecule has 24 heavy (non-hydrogen) atoms. The summed E-state index contributed by atoms with van der Waals surface area (Å²) in [4.78, 5) is 11.4. The summed E-state index contributed by atoms with van der Waals surface area (Å²) in [6, 6.07) is 0. The van der Waals surface area contributed by atoms with Crippen LogP contribution < -0.4 is 16.0 Å². The van der Waals surface area contributed by atoms with Crippen LogP contribution in [0.1, 0.15) is 57.8 Å². The topological polar surface area (TPSA) is 67.1 Å². The predicted octanol–water partition coefficient (Wildman–Crippen LogP) is 3.43. The maximum absolute atomic E-state index is 6.51. The van der Waals surface area contributed by atoms with Crippen molar-refractivity contribution < 1.29 is 0 Å². The van der Waals surface area contributed by atoms with Crippen molar-refractivity contribution in [1.82, 2.24) is 9.97 Å². The Morgan fingerprint density at radius 1 is 0.958 bits per heavy atom. The zero-order valence-electron chi connectivity index (χ0n) is 14.5. The molecule has 5 nitrogen and oxygen atoms in total. The Balaban J connectivity index is 1.41. The molecule has 4 aliphatic carbocycles. The molecule has 0 aromatic carbocycles. The minimum Gasteiger partial charge on any atom is -0.393 e. The van der Waals surface area contributed by atoms with Crippen molar-refractivity contribution in [1.29, 1.82) is 0 Å². The normalized spacial score (nSPS) is 37.7. The number of rotatable bonds is 3. The molecular weight excluding hydrogens is 298 g/mol. The zero-order chi connectivity index (χ0) is 16.1. The van der Waals surface area contributed by atoms with Gasteiger partial charge < -0.3 is 16.0 Å². The fourth-order valence-corrected chi connectivity index (χ4v) is 6.36. The van der Waals surface area contributed by atoms with Gasteiger partial charge in [0.2, 0.25) is 0 Å². The summed E-state index contributed by atoms with van der Waals surface area (Å²) in [5.74, 6) is 4.60.